The van der Waals surface area contributed by atoms with Gasteiger partial charge in [-0.3, -0.25) is 14.6 Å². The van der Waals surface area contributed by atoms with Crippen molar-refractivity contribution in [2.24, 2.45) is 0 Å². The number of nitrogens with one attached hydrogen (secondary N) is 2. The van der Waals surface area contributed by atoms with Gasteiger partial charge in [0.2, 0.25) is 0 Å². The zero-order chi connectivity index (χ0) is 20.2. The molecule has 8 heteroatoms. The number of benzene rings is 1. The topological polar surface area (TPSA) is 100 Å². The highest BCUT2D eigenvalue weighted by molar-refractivity contribution is 6.07. The first kappa shape index (κ1) is 18.7. The first-order chi connectivity index (χ1) is 14.1. The zero-order valence-corrected chi connectivity index (χ0v) is 16.0. The standard InChI is InChI=1S/C21H21N5O3/c1-14-12-19(25-29-14)24-20(27)15-8-9-22-18(13-15)21(28)23-16-4-6-17(7-5-16)26-10-2-3-11-26/h4-9,12-13H,2-3,10-11H2,1H3,(H,23,28)(H,24,25,27). The van der Waals surface area contributed by atoms with E-state index in [0.717, 1.165) is 18.8 Å². The van der Waals surface area contributed by atoms with E-state index in [9.17, 15) is 9.59 Å². The smallest absolute Gasteiger partial charge is 0.274 e. The summed E-state index contributed by atoms with van der Waals surface area (Å²) >= 11 is 0. The Hall–Kier alpha value is -3.68. The normalized spacial score (nSPS) is 13.3. The first-order valence-electron chi connectivity index (χ1n) is 9.45. The summed E-state index contributed by atoms with van der Waals surface area (Å²) in [6, 6.07) is 12.3. The van der Waals surface area contributed by atoms with Gasteiger partial charge in [-0.15, -0.1) is 0 Å². The number of carbonyl (C=O) groups is 2. The Kier molecular flexibility index (Phi) is 5.24. The van der Waals surface area contributed by atoms with Gasteiger partial charge in [0.1, 0.15) is 11.5 Å². The van der Waals surface area contributed by atoms with Crippen molar-refractivity contribution in [3.63, 3.8) is 0 Å². The average molecular weight is 391 g/mol. The third-order valence-corrected chi connectivity index (χ3v) is 4.72. The quantitative estimate of drug-likeness (QED) is 0.691. The molecule has 0 bridgehead atoms. The Balaban J connectivity index is 1.42. The Morgan fingerprint density at radius 3 is 2.45 bits per heavy atom. The number of amides is 2. The van der Waals surface area contributed by atoms with Crippen molar-refractivity contribution < 1.29 is 14.1 Å². The third kappa shape index (κ3) is 4.43. The molecule has 0 spiro atoms. The lowest BCUT2D eigenvalue weighted by molar-refractivity contribution is 0.102. The monoisotopic (exact) mass is 391 g/mol. The van der Waals surface area contributed by atoms with Crippen LogP contribution in [0.25, 0.3) is 0 Å². The maximum absolute atomic E-state index is 12.5. The molecule has 0 unspecified atom stereocenters. The number of anilines is 3. The Morgan fingerprint density at radius 1 is 1.00 bits per heavy atom. The number of aromatic nitrogens is 2. The molecule has 1 aliphatic rings. The van der Waals surface area contributed by atoms with Crippen LogP contribution in [0.1, 0.15) is 39.4 Å². The highest BCUT2D eigenvalue weighted by atomic mass is 16.5. The largest absolute Gasteiger partial charge is 0.372 e. The second kappa shape index (κ2) is 8.14. The van der Waals surface area contributed by atoms with E-state index >= 15 is 0 Å². The van der Waals surface area contributed by atoms with Crippen molar-refractivity contribution in [2.75, 3.05) is 28.6 Å². The number of hydrogen-bond donors (Lipinski definition) is 2. The second-order valence-corrected chi connectivity index (χ2v) is 6.90. The summed E-state index contributed by atoms with van der Waals surface area (Å²) in [5.41, 5.74) is 2.28. The lowest BCUT2D eigenvalue weighted by Crippen LogP contribution is -2.18. The van der Waals surface area contributed by atoms with Gasteiger partial charge in [0, 0.05) is 42.3 Å². The van der Waals surface area contributed by atoms with Crippen LogP contribution in [0, 0.1) is 6.92 Å². The molecule has 29 heavy (non-hydrogen) atoms. The molecule has 0 aliphatic carbocycles. The molecule has 3 heterocycles. The number of aryl methyl sites for hydroxylation is 1. The molecule has 0 atom stereocenters. The van der Waals surface area contributed by atoms with Gasteiger partial charge in [0.15, 0.2) is 5.82 Å². The van der Waals surface area contributed by atoms with Crippen molar-refractivity contribution in [1.29, 1.82) is 0 Å². The summed E-state index contributed by atoms with van der Waals surface area (Å²) in [7, 11) is 0. The van der Waals surface area contributed by atoms with Gasteiger partial charge in [-0.2, -0.15) is 0 Å². The summed E-state index contributed by atoms with van der Waals surface area (Å²) in [6.45, 7) is 3.87. The number of pyridine rings is 1. The van der Waals surface area contributed by atoms with Gasteiger partial charge in [-0.05, 0) is 56.2 Å². The minimum atomic E-state index is -0.398. The van der Waals surface area contributed by atoms with E-state index in [1.54, 1.807) is 13.0 Å². The van der Waals surface area contributed by atoms with Crippen molar-refractivity contribution in [1.82, 2.24) is 10.1 Å². The molecule has 1 aliphatic heterocycles. The van der Waals surface area contributed by atoms with Crippen LogP contribution in [0.4, 0.5) is 17.2 Å². The number of carbonyl (C=O) groups excluding carboxylic acids is 2. The minimum absolute atomic E-state index is 0.151. The fraction of sp³-hybridized carbons (Fsp3) is 0.238. The molecule has 2 aromatic heterocycles. The second-order valence-electron chi connectivity index (χ2n) is 6.90. The SMILES string of the molecule is Cc1cc(NC(=O)c2ccnc(C(=O)Nc3ccc(N4CCCC4)cc3)c2)no1. The van der Waals surface area contributed by atoms with E-state index < -0.39 is 5.91 Å². The summed E-state index contributed by atoms with van der Waals surface area (Å²) in [6.07, 6.45) is 3.85. The molecule has 1 aromatic carbocycles. The average Bonchev–Trinajstić information content (AvgIpc) is 3.41. The van der Waals surface area contributed by atoms with Crippen LogP contribution in [-0.2, 0) is 0 Å². The van der Waals surface area contributed by atoms with Crippen LogP contribution in [0.15, 0.2) is 53.2 Å². The summed E-state index contributed by atoms with van der Waals surface area (Å²) in [4.78, 5) is 31.3. The number of rotatable bonds is 5. The van der Waals surface area contributed by atoms with Gasteiger partial charge in [-0.1, -0.05) is 5.16 Å². The van der Waals surface area contributed by atoms with Crippen LogP contribution < -0.4 is 15.5 Å². The van der Waals surface area contributed by atoms with Crippen LogP contribution in [0.5, 0.6) is 0 Å². The predicted octanol–water partition coefficient (Wildman–Crippen LogP) is 3.48. The lowest BCUT2D eigenvalue weighted by atomic mass is 10.2. The molecule has 4 rings (SSSR count). The fourth-order valence-corrected chi connectivity index (χ4v) is 3.24. The van der Waals surface area contributed by atoms with E-state index in [1.165, 1.54) is 31.2 Å². The van der Waals surface area contributed by atoms with E-state index in [0.29, 0.717) is 22.8 Å². The summed E-state index contributed by atoms with van der Waals surface area (Å²) < 4.78 is 4.93. The minimum Gasteiger partial charge on any atom is -0.372 e. The third-order valence-electron chi connectivity index (χ3n) is 4.72. The lowest BCUT2D eigenvalue weighted by Gasteiger charge is -2.17. The van der Waals surface area contributed by atoms with Crippen LogP contribution >= 0.6 is 0 Å². The summed E-state index contributed by atoms with van der Waals surface area (Å²) in [5.74, 6) is 0.120. The zero-order valence-electron chi connectivity index (χ0n) is 16.0. The van der Waals surface area contributed by atoms with Crippen LogP contribution in [0.3, 0.4) is 0 Å². The van der Waals surface area contributed by atoms with E-state index in [2.05, 4.69) is 25.7 Å². The number of hydrogen-bond acceptors (Lipinski definition) is 6. The van der Waals surface area contributed by atoms with Gasteiger partial charge in [0.25, 0.3) is 11.8 Å². The van der Waals surface area contributed by atoms with Crippen molar-refractivity contribution >= 4 is 29.0 Å². The number of nitrogens with zero attached hydrogens (tertiary/aromatic N) is 3. The van der Waals surface area contributed by atoms with Crippen LogP contribution in [0.2, 0.25) is 0 Å². The van der Waals surface area contributed by atoms with E-state index in [-0.39, 0.29) is 11.6 Å². The molecule has 148 valence electrons. The summed E-state index contributed by atoms with van der Waals surface area (Å²) in [5, 5.41) is 9.16. The Labute approximate surface area is 167 Å². The van der Waals surface area contributed by atoms with Crippen LogP contribution in [-0.4, -0.2) is 35.0 Å². The molecule has 0 radical (unpaired) electrons. The van der Waals surface area contributed by atoms with Gasteiger partial charge in [-0.25, -0.2) is 0 Å². The maximum atomic E-state index is 12.5. The molecule has 0 saturated carbocycles. The maximum Gasteiger partial charge on any atom is 0.274 e. The Bertz CT molecular complexity index is 1020. The fourth-order valence-electron chi connectivity index (χ4n) is 3.24. The molecule has 3 aromatic rings. The van der Waals surface area contributed by atoms with E-state index in [4.69, 9.17) is 4.52 Å². The molecule has 2 N–H and O–H groups in total. The molecule has 1 fully saturated rings. The molecular formula is C21H21N5O3. The van der Waals surface area contributed by atoms with Gasteiger partial charge >= 0.3 is 0 Å². The van der Waals surface area contributed by atoms with Gasteiger partial charge < -0.3 is 20.1 Å². The Morgan fingerprint density at radius 2 is 1.76 bits per heavy atom. The predicted molar refractivity (Wildman–Crippen MR) is 109 cm³/mol. The molecule has 2 amide bonds. The first-order valence-corrected chi connectivity index (χ1v) is 9.45. The van der Waals surface area contributed by atoms with Crippen molar-refractivity contribution in [3.05, 3.63) is 65.7 Å². The molecule has 1 saturated heterocycles. The highest BCUT2D eigenvalue weighted by Gasteiger charge is 2.15. The van der Waals surface area contributed by atoms with Gasteiger partial charge in [0.05, 0.1) is 0 Å². The van der Waals surface area contributed by atoms with Crippen molar-refractivity contribution in [3.8, 4) is 0 Å². The van der Waals surface area contributed by atoms with E-state index in [1.807, 2.05) is 24.3 Å². The molecular weight excluding hydrogens is 370 g/mol. The highest BCUT2D eigenvalue weighted by Crippen LogP contribution is 2.22. The van der Waals surface area contributed by atoms with Crippen molar-refractivity contribution in [2.45, 2.75) is 19.8 Å². The molecule has 8 nitrogen and oxygen atoms in total.